The maximum Gasteiger partial charge on any atom is 0.410 e. The van der Waals surface area contributed by atoms with Crippen LogP contribution in [0.25, 0.3) is 0 Å². The molecule has 1 aromatic carbocycles. The van der Waals surface area contributed by atoms with Gasteiger partial charge in [-0.05, 0) is 12.0 Å². The zero-order chi connectivity index (χ0) is 14.3. The zero-order valence-electron chi connectivity index (χ0n) is 10.8. The Morgan fingerprint density at radius 1 is 1.42 bits per heavy atom. The molecule has 102 valence electrons. The fraction of sp³-hybridized carbons (Fsp3) is 0.286. The lowest BCUT2D eigenvalue weighted by molar-refractivity contribution is -0.142. The van der Waals surface area contributed by atoms with Crippen LogP contribution in [-0.2, 0) is 16.1 Å². The van der Waals surface area contributed by atoms with Crippen molar-refractivity contribution in [1.29, 1.82) is 0 Å². The van der Waals surface area contributed by atoms with Crippen LogP contribution in [0.5, 0.6) is 0 Å². The number of carboxylic acids is 1. The second-order valence-electron chi connectivity index (χ2n) is 4.03. The van der Waals surface area contributed by atoms with Crippen LogP contribution in [0, 0.1) is 0 Å². The molecule has 0 unspecified atom stereocenters. The molecular weight excluding hydrogens is 246 g/mol. The molecule has 1 rings (SSSR count). The van der Waals surface area contributed by atoms with E-state index in [2.05, 4.69) is 6.58 Å². The number of carbonyl (C=O) groups excluding carboxylic acids is 1. The van der Waals surface area contributed by atoms with E-state index < -0.39 is 18.1 Å². The Morgan fingerprint density at radius 2 is 2.05 bits per heavy atom. The third kappa shape index (κ3) is 4.46. The molecule has 0 aliphatic heterocycles. The minimum atomic E-state index is -1.08. The predicted molar refractivity (Wildman–Crippen MR) is 70.6 cm³/mol. The van der Waals surface area contributed by atoms with E-state index in [9.17, 15) is 9.59 Å². The quantitative estimate of drug-likeness (QED) is 0.799. The summed E-state index contributed by atoms with van der Waals surface area (Å²) in [5.74, 6) is -1.08. The lowest BCUT2D eigenvalue weighted by atomic mass is 10.2. The van der Waals surface area contributed by atoms with Crippen LogP contribution in [0.4, 0.5) is 4.79 Å². The van der Waals surface area contributed by atoms with Crippen molar-refractivity contribution in [2.75, 3.05) is 7.05 Å². The van der Waals surface area contributed by atoms with E-state index in [1.165, 1.54) is 13.1 Å². The molecule has 19 heavy (non-hydrogen) atoms. The van der Waals surface area contributed by atoms with E-state index in [1.807, 2.05) is 30.3 Å². The fourth-order valence-corrected chi connectivity index (χ4v) is 1.53. The first-order valence-corrected chi connectivity index (χ1v) is 5.83. The number of nitrogens with zero attached hydrogens (tertiary/aromatic N) is 1. The molecule has 0 aliphatic carbocycles. The Kier molecular flexibility index (Phi) is 5.60. The Morgan fingerprint density at radius 3 is 2.58 bits per heavy atom. The minimum absolute atomic E-state index is 0.116. The van der Waals surface area contributed by atoms with Gasteiger partial charge in [0.05, 0.1) is 0 Å². The van der Waals surface area contributed by atoms with Gasteiger partial charge in [-0.3, -0.25) is 4.90 Å². The van der Waals surface area contributed by atoms with Crippen LogP contribution in [0.2, 0.25) is 0 Å². The predicted octanol–water partition coefficient (Wildman–Crippen LogP) is 2.28. The van der Waals surface area contributed by atoms with Crippen LogP contribution in [0.15, 0.2) is 43.0 Å². The average molecular weight is 263 g/mol. The van der Waals surface area contributed by atoms with Crippen molar-refractivity contribution in [3.8, 4) is 0 Å². The van der Waals surface area contributed by atoms with Crippen molar-refractivity contribution < 1.29 is 19.4 Å². The first kappa shape index (κ1) is 14.8. The number of carboxylic acid groups (broad SMARTS) is 1. The second-order valence-corrected chi connectivity index (χ2v) is 4.03. The molecular formula is C14H17NO4. The summed E-state index contributed by atoms with van der Waals surface area (Å²) < 4.78 is 5.06. The van der Waals surface area contributed by atoms with E-state index in [0.717, 1.165) is 10.5 Å². The lowest BCUT2D eigenvalue weighted by Gasteiger charge is -2.23. The van der Waals surface area contributed by atoms with Gasteiger partial charge in [-0.1, -0.05) is 36.4 Å². The van der Waals surface area contributed by atoms with E-state index >= 15 is 0 Å². The van der Waals surface area contributed by atoms with Gasteiger partial charge in [0.2, 0.25) is 0 Å². The average Bonchev–Trinajstić information content (AvgIpc) is 2.42. The molecule has 5 nitrogen and oxygen atoms in total. The number of ether oxygens (including phenoxy) is 1. The number of amides is 1. The number of hydrogen-bond donors (Lipinski definition) is 1. The van der Waals surface area contributed by atoms with Gasteiger partial charge in [-0.2, -0.15) is 0 Å². The Hall–Kier alpha value is -2.30. The maximum absolute atomic E-state index is 11.7. The van der Waals surface area contributed by atoms with E-state index in [-0.39, 0.29) is 13.0 Å². The number of carbonyl (C=O) groups is 2. The standard InChI is InChI=1S/C14H17NO4/c1-3-7-12(13(16)17)15(2)14(18)19-10-11-8-5-4-6-9-11/h3-6,8-9,12H,1,7,10H2,2H3,(H,16,17)/t12-/m0/s1. The first-order valence-electron chi connectivity index (χ1n) is 5.83. The third-order valence-corrected chi connectivity index (χ3v) is 2.64. The minimum Gasteiger partial charge on any atom is -0.480 e. The molecule has 0 saturated heterocycles. The summed E-state index contributed by atoms with van der Waals surface area (Å²) in [6, 6.07) is 8.23. The molecule has 0 saturated carbocycles. The molecule has 0 radical (unpaired) electrons. The normalized spacial score (nSPS) is 11.4. The van der Waals surface area contributed by atoms with Gasteiger partial charge in [0.15, 0.2) is 0 Å². The summed E-state index contributed by atoms with van der Waals surface area (Å²) in [6.45, 7) is 3.59. The summed E-state index contributed by atoms with van der Waals surface area (Å²) >= 11 is 0. The van der Waals surface area contributed by atoms with Gasteiger partial charge in [0.25, 0.3) is 0 Å². The highest BCUT2D eigenvalue weighted by Gasteiger charge is 2.26. The van der Waals surface area contributed by atoms with Crippen molar-refractivity contribution in [3.05, 3.63) is 48.6 Å². The van der Waals surface area contributed by atoms with Crippen LogP contribution < -0.4 is 0 Å². The third-order valence-electron chi connectivity index (χ3n) is 2.64. The molecule has 0 aromatic heterocycles. The SMILES string of the molecule is C=CC[C@@H](C(=O)O)N(C)C(=O)OCc1ccccc1. The van der Waals surface area contributed by atoms with Crippen molar-refractivity contribution in [2.45, 2.75) is 19.1 Å². The Labute approximate surface area is 112 Å². The molecule has 0 heterocycles. The molecule has 1 N–H and O–H groups in total. The maximum atomic E-state index is 11.7. The smallest absolute Gasteiger partial charge is 0.410 e. The van der Waals surface area contributed by atoms with Gasteiger partial charge in [0.1, 0.15) is 12.6 Å². The largest absolute Gasteiger partial charge is 0.480 e. The summed E-state index contributed by atoms with van der Waals surface area (Å²) in [5.41, 5.74) is 0.847. The number of benzene rings is 1. The van der Waals surface area contributed by atoms with Crippen molar-refractivity contribution >= 4 is 12.1 Å². The molecule has 1 amide bonds. The Balaban J connectivity index is 2.56. The number of aliphatic carboxylic acids is 1. The molecule has 5 heteroatoms. The lowest BCUT2D eigenvalue weighted by Crippen LogP contribution is -2.42. The summed E-state index contributed by atoms with van der Waals surface area (Å²) in [5, 5.41) is 9.01. The van der Waals surface area contributed by atoms with Gasteiger partial charge < -0.3 is 9.84 Å². The van der Waals surface area contributed by atoms with Crippen LogP contribution in [-0.4, -0.2) is 35.2 Å². The van der Waals surface area contributed by atoms with Crippen molar-refractivity contribution in [1.82, 2.24) is 4.90 Å². The van der Waals surface area contributed by atoms with Gasteiger partial charge in [-0.15, -0.1) is 6.58 Å². The second kappa shape index (κ2) is 7.20. The van der Waals surface area contributed by atoms with Gasteiger partial charge >= 0.3 is 12.1 Å². The van der Waals surface area contributed by atoms with Crippen LogP contribution >= 0.6 is 0 Å². The number of hydrogen-bond acceptors (Lipinski definition) is 3. The summed E-state index contributed by atoms with van der Waals surface area (Å²) in [7, 11) is 1.40. The summed E-state index contributed by atoms with van der Waals surface area (Å²) in [4.78, 5) is 23.8. The highest BCUT2D eigenvalue weighted by Crippen LogP contribution is 2.08. The van der Waals surface area contributed by atoms with Crippen molar-refractivity contribution in [3.63, 3.8) is 0 Å². The highest BCUT2D eigenvalue weighted by molar-refractivity contribution is 5.80. The molecule has 1 aromatic rings. The highest BCUT2D eigenvalue weighted by atomic mass is 16.6. The van der Waals surface area contributed by atoms with Gasteiger partial charge in [-0.25, -0.2) is 9.59 Å². The zero-order valence-corrected chi connectivity index (χ0v) is 10.8. The van der Waals surface area contributed by atoms with Crippen LogP contribution in [0.1, 0.15) is 12.0 Å². The van der Waals surface area contributed by atoms with E-state index in [1.54, 1.807) is 0 Å². The summed E-state index contributed by atoms with van der Waals surface area (Å²) in [6.07, 6.45) is 0.963. The topological polar surface area (TPSA) is 66.8 Å². The number of rotatable bonds is 6. The van der Waals surface area contributed by atoms with Crippen LogP contribution in [0.3, 0.4) is 0 Å². The molecule has 0 aliphatic rings. The fourth-order valence-electron chi connectivity index (χ4n) is 1.53. The molecule has 1 atom stereocenters. The molecule has 0 fully saturated rings. The first-order chi connectivity index (χ1) is 9.06. The Bertz CT molecular complexity index is 444. The van der Waals surface area contributed by atoms with E-state index in [4.69, 9.17) is 9.84 Å². The monoisotopic (exact) mass is 263 g/mol. The molecule has 0 spiro atoms. The van der Waals surface area contributed by atoms with E-state index in [0.29, 0.717) is 0 Å². The molecule has 0 bridgehead atoms. The number of likely N-dealkylation sites (N-methyl/N-ethyl adjacent to an activating group) is 1. The van der Waals surface area contributed by atoms with Crippen molar-refractivity contribution in [2.24, 2.45) is 0 Å². The van der Waals surface area contributed by atoms with Gasteiger partial charge in [0, 0.05) is 7.05 Å².